The number of hydrogen-bond donors (Lipinski definition) is 1. The molecule has 1 aliphatic rings. The first-order valence-corrected chi connectivity index (χ1v) is 10.1. The molecular weight excluding hydrogens is 282 g/mol. The Morgan fingerprint density at radius 1 is 1.30 bits per heavy atom. The Hall–Kier alpha value is 0.01000. The number of nitrogens with one attached hydrogen (secondary N) is 1. The Morgan fingerprint density at radius 3 is 2.60 bits per heavy atom. The molecule has 1 atom stereocenters. The number of aryl methyl sites for hydroxylation is 2. The van der Waals surface area contributed by atoms with Crippen molar-refractivity contribution in [1.82, 2.24) is 5.32 Å². The standard InChI is InChI=1S/C17H29NS2/c1-5-17(6-2,19-4)12-18-13(3)16-11-14-9-7-8-10-15(14)20-16/h11,13,18H,5-10,12H2,1-4H3. The molecule has 0 saturated heterocycles. The van der Waals surface area contributed by atoms with Crippen molar-refractivity contribution in [2.45, 2.75) is 70.1 Å². The number of thiophene rings is 1. The van der Waals surface area contributed by atoms with E-state index < -0.39 is 0 Å². The third kappa shape index (κ3) is 3.61. The number of hydrogen-bond acceptors (Lipinski definition) is 3. The van der Waals surface area contributed by atoms with E-state index in [9.17, 15) is 0 Å². The first kappa shape index (κ1) is 16.4. The van der Waals surface area contributed by atoms with Crippen molar-refractivity contribution in [1.29, 1.82) is 0 Å². The van der Waals surface area contributed by atoms with Crippen LogP contribution in [-0.4, -0.2) is 17.5 Å². The molecule has 1 unspecified atom stereocenters. The first-order valence-electron chi connectivity index (χ1n) is 8.04. The Bertz CT molecular complexity index is 389. The summed E-state index contributed by atoms with van der Waals surface area (Å²) in [4.78, 5) is 3.20. The molecular formula is C17H29NS2. The Morgan fingerprint density at radius 2 is 2.00 bits per heavy atom. The van der Waals surface area contributed by atoms with Crippen LogP contribution in [0.25, 0.3) is 0 Å². The molecule has 0 spiro atoms. The van der Waals surface area contributed by atoms with Crippen molar-refractivity contribution in [3.63, 3.8) is 0 Å². The maximum absolute atomic E-state index is 3.79. The second kappa shape index (κ2) is 7.33. The van der Waals surface area contributed by atoms with Crippen molar-refractivity contribution < 1.29 is 0 Å². The summed E-state index contributed by atoms with van der Waals surface area (Å²) < 4.78 is 0.408. The third-order valence-corrected chi connectivity index (χ3v) is 7.90. The fraction of sp³-hybridized carbons (Fsp3) is 0.765. The highest BCUT2D eigenvalue weighted by molar-refractivity contribution is 8.00. The summed E-state index contributed by atoms with van der Waals surface area (Å²) >= 11 is 4.07. The summed E-state index contributed by atoms with van der Waals surface area (Å²) in [6, 6.07) is 2.96. The van der Waals surface area contributed by atoms with Crippen LogP contribution in [0.1, 0.15) is 67.8 Å². The highest BCUT2D eigenvalue weighted by Crippen LogP contribution is 2.34. The number of rotatable bonds is 7. The van der Waals surface area contributed by atoms with E-state index in [1.807, 2.05) is 23.1 Å². The fourth-order valence-corrected chi connectivity index (χ4v) is 5.12. The van der Waals surface area contributed by atoms with Gasteiger partial charge in [0, 0.05) is 27.1 Å². The normalized spacial score (nSPS) is 17.0. The van der Waals surface area contributed by atoms with E-state index in [0.717, 1.165) is 6.54 Å². The van der Waals surface area contributed by atoms with E-state index in [1.54, 1.807) is 15.3 Å². The van der Waals surface area contributed by atoms with Crippen LogP contribution in [0.3, 0.4) is 0 Å². The Balaban J connectivity index is 1.97. The molecule has 114 valence electrons. The van der Waals surface area contributed by atoms with Gasteiger partial charge in [0.2, 0.25) is 0 Å². The molecule has 0 bridgehead atoms. The number of thioether (sulfide) groups is 1. The molecule has 0 aromatic carbocycles. The molecule has 1 nitrogen and oxygen atoms in total. The quantitative estimate of drug-likeness (QED) is 0.743. The molecule has 1 aromatic rings. The predicted octanol–water partition coefficient (Wildman–Crippen LogP) is 5.20. The molecule has 0 aliphatic heterocycles. The van der Waals surface area contributed by atoms with Crippen molar-refractivity contribution in [2.75, 3.05) is 12.8 Å². The minimum Gasteiger partial charge on any atom is -0.308 e. The molecule has 2 rings (SSSR count). The first-order chi connectivity index (χ1) is 9.64. The van der Waals surface area contributed by atoms with E-state index in [1.165, 1.54) is 38.5 Å². The van der Waals surface area contributed by atoms with Gasteiger partial charge in [-0.15, -0.1) is 11.3 Å². The summed E-state index contributed by atoms with van der Waals surface area (Å²) in [6.45, 7) is 8.07. The van der Waals surface area contributed by atoms with Gasteiger partial charge in [0.15, 0.2) is 0 Å². The van der Waals surface area contributed by atoms with Crippen LogP contribution in [0.15, 0.2) is 6.07 Å². The maximum Gasteiger partial charge on any atom is 0.0386 e. The van der Waals surface area contributed by atoms with Crippen LogP contribution in [-0.2, 0) is 12.8 Å². The lowest BCUT2D eigenvalue weighted by Gasteiger charge is -2.31. The van der Waals surface area contributed by atoms with Gasteiger partial charge in [0.25, 0.3) is 0 Å². The van der Waals surface area contributed by atoms with E-state index in [2.05, 4.69) is 38.4 Å². The van der Waals surface area contributed by atoms with Gasteiger partial charge in [-0.3, -0.25) is 0 Å². The second-order valence-electron chi connectivity index (χ2n) is 6.00. The van der Waals surface area contributed by atoms with Gasteiger partial charge in [0.05, 0.1) is 0 Å². The molecule has 0 amide bonds. The average molecular weight is 312 g/mol. The Kier molecular flexibility index (Phi) is 6.00. The van der Waals surface area contributed by atoms with Gasteiger partial charge in [-0.1, -0.05) is 13.8 Å². The molecule has 0 radical (unpaired) electrons. The van der Waals surface area contributed by atoms with Gasteiger partial charge in [-0.25, -0.2) is 0 Å². The highest BCUT2D eigenvalue weighted by Gasteiger charge is 2.26. The monoisotopic (exact) mass is 311 g/mol. The summed E-state index contributed by atoms with van der Waals surface area (Å²) in [5, 5.41) is 3.79. The van der Waals surface area contributed by atoms with Crippen LogP contribution < -0.4 is 5.32 Å². The summed E-state index contributed by atoms with van der Waals surface area (Å²) in [6.07, 6.45) is 10.1. The minimum atomic E-state index is 0.408. The third-order valence-electron chi connectivity index (χ3n) is 4.89. The van der Waals surface area contributed by atoms with E-state index in [4.69, 9.17) is 0 Å². The van der Waals surface area contributed by atoms with Crippen molar-refractivity contribution >= 4 is 23.1 Å². The maximum atomic E-state index is 3.79. The van der Waals surface area contributed by atoms with E-state index in [-0.39, 0.29) is 0 Å². The zero-order valence-corrected chi connectivity index (χ0v) is 15.1. The van der Waals surface area contributed by atoms with Crippen molar-refractivity contribution in [3.05, 3.63) is 21.4 Å². The largest absolute Gasteiger partial charge is 0.308 e. The van der Waals surface area contributed by atoms with Gasteiger partial charge in [-0.05, 0) is 63.3 Å². The summed E-state index contributed by atoms with van der Waals surface area (Å²) in [5.74, 6) is 0. The number of fused-ring (bicyclic) bond motifs is 1. The van der Waals surface area contributed by atoms with Crippen molar-refractivity contribution in [3.8, 4) is 0 Å². The molecule has 1 aromatic heterocycles. The lowest BCUT2D eigenvalue weighted by molar-refractivity contribution is 0.462. The zero-order chi connectivity index (χ0) is 14.6. The van der Waals surface area contributed by atoms with E-state index >= 15 is 0 Å². The lowest BCUT2D eigenvalue weighted by Crippen LogP contribution is -2.37. The molecule has 1 heterocycles. The van der Waals surface area contributed by atoms with Crippen LogP contribution in [0.4, 0.5) is 0 Å². The van der Waals surface area contributed by atoms with Gasteiger partial charge >= 0.3 is 0 Å². The molecule has 3 heteroatoms. The zero-order valence-electron chi connectivity index (χ0n) is 13.4. The van der Waals surface area contributed by atoms with Gasteiger partial charge in [0.1, 0.15) is 0 Å². The fourth-order valence-electron chi connectivity index (χ4n) is 3.03. The molecule has 0 saturated carbocycles. The van der Waals surface area contributed by atoms with Crippen LogP contribution in [0.5, 0.6) is 0 Å². The second-order valence-corrected chi connectivity index (χ2v) is 8.44. The molecule has 1 aliphatic carbocycles. The summed E-state index contributed by atoms with van der Waals surface area (Å²) in [7, 11) is 0. The molecule has 20 heavy (non-hydrogen) atoms. The Labute approximate surface area is 132 Å². The van der Waals surface area contributed by atoms with Crippen LogP contribution >= 0.6 is 23.1 Å². The van der Waals surface area contributed by atoms with E-state index in [0.29, 0.717) is 10.8 Å². The topological polar surface area (TPSA) is 12.0 Å². The predicted molar refractivity (Wildman–Crippen MR) is 94.2 cm³/mol. The average Bonchev–Trinajstić information content (AvgIpc) is 2.93. The SMILES string of the molecule is CCC(CC)(CNC(C)c1cc2c(s1)CCCC2)SC. The van der Waals surface area contributed by atoms with Gasteiger partial charge in [-0.2, -0.15) is 11.8 Å². The van der Waals surface area contributed by atoms with Crippen molar-refractivity contribution in [2.24, 2.45) is 0 Å². The molecule has 0 fully saturated rings. The highest BCUT2D eigenvalue weighted by atomic mass is 32.2. The minimum absolute atomic E-state index is 0.408. The smallest absolute Gasteiger partial charge is 0.0386 e. The summed E-state index contributed by atoms with van der Waals surface area (Å²) in [5.41, 5.74) is 1.63. The van der Waals surface area contributed by atoms with Crippen LogP contribution in [0.2, 0.25) is 0 Å². The lowest BCUT2D eigenvalue weighted by atomic mass is 9.98. The van der Waals surface area contributed by atoms with Gasteiger partial charge < -0.3 is 5.32 Å². The molecule has 1 N–H and O–H groups in total. The van der Waals surface area contributed by atoms with Crippen LogP contribution in [0, 0.1) is 0 Å².